The van der Waals surface area contributed by atoms with E-state index in [-0.39, 0.29) is 5.82 Å². The lowest BCUT2D eigenvalue weighted by Gasteiger charge is -2.17. The molecule has 1 aromatic heterocycles. The molecule has 0 aliphatic carbocycles. The van der Waals surface area contributed by atoms with Crippen LogP contribution in [-0.2, 0) is 19.4 Å². The van der Waals surface area contributed by atoms with E-state index < -0.39 is 0 Å². The minimum absolute atomic E-state index is 0.185. The van der Waals surface area contributed by atoms with Crippen molar-refractivity contribution in [2.45, 2.75) is 33.2 Å². The van der Waals surface area contributed by atoms with E-state index in [1.54, 1.807) is 6.07 Å². The van der Waals surface area contributed by atoms with Gasteiger partial charge in [0, 0.05) is 31.6 Å². The molecule has 0 fully saturated rings. The van der Waals surface area contributed by atoms with Gasteiger partial charge in [-0.15, -0.1) is 0 Å². The van der Waals surface area contributed by atoms with E-state index in [0.29, 0.717) is 0 Å². The second-order valence-corrected chi connectivity index (χ2v) is 4.97. The molecule has 2 heterocycles. The summed E-state index contributed by atoms with van der Waals surface area (Å²) < 4.78 is 15.5. The molecule has 100 valence electrons. The number of nitrogens with one attached hydrogen (secondary N) is 1. The fraction of sp³-hybridized carbons (Fsp3) is 0.400. The lowest BCUT2D eigenvalue weighted by molar-refractivity contribution is 0.617. The Morgan fingerprint density at radius 3 is 3.00 bits per heavy atom. The third kappa shape index (κ3) is 2.06. The molecule has 1 aliphatic rings. The fourth-order valence-electron chi connectivity index (χ4n) is 2.76. The Balaban J connectivity index is 2.20. The highest BCUT2D eigenvalue weighted by Gasteiger charge is 2.20. The minimum Gasteiger partial charge on any atom is -0.311 e. The summed E-state index contributed by atoms with van der Waals surface area (Å²) in [6.07, 6.45) is 1.85. The van der Waals surface area contributed by atoms with Crippen LogP contribution in [0.5, 0.6) is 0 Å². The number of benzene rings is 1. The summed E-state index contributed by atoms with van der Waals surface area (Å²) in [6, 6.07) is 4.96. The predicted octanol–water partition coefficient (Wildman–Crippen LogP) is 2.53. The number of aromatic nitrogens is 2. The monoisotopic (exact) mass is 259 g/mol. The van der Waals surface area contributed by atoms with Crippen molar-refractivity contribution >= 4 is 0 Å². The number of fused-ring (bicyclic) bond motifs is 1. The largest absolute Gasteiger partial charge is 0.311 e. The van der Waals surface area contributed by atoms with Crippen LogP contribution in [0.3, 0.4) is 0 Å². The number of aryl methyl sites for hydroxylation is 2. The smallest absolute Gasteiger partial charge is 0.123 e. The minimum atomic E-state index is -0.185. The third-order valence-electron chi connectivity index (χ3n) is 3.67. The molecule has 3 nitrogen and oxygen atoms in total. The summed E-state index contributed by atoms with van der Waals surface area (Å²) in [5, 5.41) is 3.34. The molecule has 0 radical (unpaired) electrons. The number of hydrogen-bond acceptors (Lipinski definition) is 2. The Kier molecular flexibility index (Phi) is 3.11. The number of imidazole rings is 1. The molecule has 0 saturated carbocycles. The predicted molar refractivity (Wildman–Crippen MR) is 73.0 cm³/mol. The van der Waals surface area contributed by atoms with Gasteiger partial charge in [0.05, 0.1) is 11.4 Å². The second kappa shape index (κ2) is 4.78. The van der Waals surface area contributed by atoms with Crippen LogP contribution < -0.4 is 5.32 Å². The molecule has 0 bridgehead atoms. The van der Waals surface area contributed by atoms with Crippen LogP contribution in [0.25, 0.3) is 5.69 Å². The van der Waals surface area contributed by atoms with Crippen molar-refractivity contribution in [3.8, 4) is 5.69 Å². The molecule has 1 aliphatic heterocycles. The van der Waals surface area contributed by atoms with Gasteiger partial charge in [0.1, 0.15) is 11.6 Å². The lowest BCUT2D eigenvalue weighted by atomic mass is 10.1. The van der Waals surface area contributed by atoms with E-state index in [1.165, 1.54) is 11.8 Å². The van der Waals surface area contributed by atoms with Crippen molar-refractivity contribution in [2.24, 2.45) is 0 Å². The average molecular weight is 259 g/mol. The van der Waals surface area contributed by atoms with Crippen molar-refractivity contribution in [1.82, 2.24) is 14.9 Å². The summed E-state index contributed by atoms with van der Waals surface area (Å²) in [6.45, 7) is 5.86. The summed E-state index contributed by atoms with van der Waals surface area (Å²) in [7, 11) is 0. The Labute approximate surface area is 112 Å². The van der Waals surface area contributed by atoms with Crippen LogP contribution in [0.15, 0.2) is 18.2 Å². The van der Waals surface area contributed by atoms with Crippen LogP contribution in [0.1, 0.15) is 29.7 Å². The van der Waals surface area contributed by atoms with Gasteiger partial charge in [0.25, 0.3) is 0 Å². The normalized spacial score (nSPS) is 14.5. The van der Waals surface area contributed by atoms with Crippen LogP contribution in [0, 0.1) is 12.7 Å². The van der Waals surface area contributed by atoms with Gasteiger partial charge in [-0.2, -0.15) is 0 Å². The zero-order valence-electron chi connectivity index (χ0n) is 11.3. The van der Waals surface area contributed by atoms with Crippen molar-refractivity contribution < 1.29 is 4.39 Å². The molecule has 0 atom stereocenters. The van der Waals surface area contributed by atoms with E-state index in [2.05, 4.69) is 16.8 Å². The van der Waals surface area contributed by atoms with E-state index in [4.69, 9.17) is 4.98 Å². The van der Waals surface area contributed by atoms with Gasteiger partial charge in [0.2, 0.25) is 0 Å². The molecule has 0 unspecified atom stereocenters. The Bertz CT molecular complexity index is 616. The molecule has 3 rings (SSSR count). The van der Waals surface area contributed by atoms with Gasteiger partial charge in [-0.05, 0) is 30.7 Å². The first-order chi connectivity index (χ1) is 9.20. The van der Waals surface area contributed by atoms with Gasteiger partial charge in [-0.3, -0.25) is 0 Å². The van der Waals surface area contributed by atoms with Crippen molar-refractivity contribution in [3.05, 3.63) is 46.8 Å². The zero-order chi connectivity index (χ0) is 13.4. The zero-order valence-corrected chi connectivity index (χ0v) is 11.3. The SMILES string of the molecule is CCc1nc2c(n1-c1ccc(F)cc1C)CCNC2. The Morgan fingerprint density at radius 1 is 1.42 bits per heavy atom. The highest BCUT2D eigenvalue weighted by molar-refractivity contribution is 5.44. The summed E-state index contributed by atoms with van der Waals surface area (Å²) in [4.78, 5) is 4.72. The second-order valence-electron chi connectivity index (χ2n) is 4.97. The highest BCUT2D eigenvalue weighted by atomic mass is 19.1. The number of hydrogen-bond donors (Lipinski definition) is 1. The van der Waals surface area contributed by atoms with Gasteiger partial charge in [-0.25, -0.2) is 9.37 Å². The first-order valence-electron chi connectivity index (χ1n) is 6.77. The number of nitrogens with zero attached hydrogens (tertiary/aromatic N) is 2. The van der Waals surface area contributed by atoms with Crippen LogP contribution in [0.2, 0.25) is 0 Å². The van der Waals surface area contributed by atoms with Gasteiger partial charge in [0.15, 0.2) is 0 Å². The van der Waals surface area contributed by atoms with Crippen LogP contribution in [0.4, 0.5) is 4.39 Å². The Hall–Kier alpha value is -1.68. The van der Waals surface area contributed by atoms with Gasteiger partial charge in [-0.1, -0.05) is 6.92 Å². The maximum absolute atomic E-state index is 13.3. The third-order valence-corrected chi connectivity index (χ3v) is 3.67. The first kappa shape index (κ1) is 12.4. The molecule has 2 aromatic rings. The molecular formula is C15H18FN3. The van der Waals surface area contributed by atoms with Crippen LogP contribution >= 0.6 is 0 Å². The molecule has 19 heavy (non-hydrogen) atoms. The van der Waals surface area contributed by atoms with E-state index in [9.17, 15) is 4.39 Å². The molecule has 1 N–H and O–H groups in total. The summed E-state index contributed by atoms with van der Waals surface area (Å²) >= 11 is 0. The van der Waals surface area contributed by atoms with Crippen molar-refractivity contribution in [1.29, 1.82) is 0 Å². The molecule has 0 spiro atoms. The topological polar surface area (TPSA) is 29.9 Å². The van der Waals surface area contributed by atoms with E-state index in [1.807, 2.05) is 13.0 Å². The molecule has 1 aromatic carbocycles. The molecular weight excluding hydrogens is 241 g/mol. The quantitative estimate of drug-likeness (QED) is 0.898. The summed E-state index contributed by atoms with van der Waals surface area (Å²) in [5.74, 6) is 0.873. The maximum atomic E-state index is 13.3. The average Bonchev–Trinajstić information content (AvgIpc) is 2.77. The first-order valence-corrected chi connectivity index (χ1v) is 6.77. The number of halogens is 1. The van der Waals surface area contributed by atoms with Crippen molar-refractivity contribution in [3.63, 3.8) is 0 Å². The molecule has 0 saturated heterocycles. The fourth-order valence-corrected chi connectivity index (χ4v) is 2.76. The lowest BCUT2D eigenvalue weighted by Crippen LogP contribution is -2.25. The molecule has 4 heteroatoms. The Morgan fingerprint density at radius 2 is 2.26 bits per heavy atom. The van der Waals surface area contributed by atoms with E-state index >= 15 is 0 Å². The van der Waals surface area contributed by atoms with Gasteiger partial charge < -0.3 is 9.88 Å². The maximum Gasteiger partial charge on any atom is 0.123 e. The van der Waals surface area contributed by atoms with Crippen molar-refractivity contribution in [2.75, 3.05) is 6.54 Å². The van der Waals surface area contributed by atoms with Gasteiger partial charge >= 0.3 is 0 Å². The highest BCUT2D eigenvalue weighted by Crippen LogP contribution is 2.24. The van der Waals surface area contributed by atoms with Crippen LogP contribution in [-0.4, -0.2) is 16.1 Å². The van der Waals surface area contributed by atoms with E-state index in [0.717, 1.165) is 48.7 Å². The summed E-state index contributed by atoms with van der Waals surface area (Å²) in [5.41, 5.74) is 4.40. The standard InChI is InChI=1S/C15H18FN3/c1-3-15-18-12-9-17-7-6-14(12)19(15)13-5-4-11(16)8-10(13)2/h4-5,8,17H,3,6-7,9H2,1-2H3. The molecule has 0 amide bonds. The number of rotatable bonds is 2.